The Morgan fingerprint density at radius 2 is 2.03 bits per heavy atom. The Balaban J connectivity index is 1.58. The third-order valence-electron chi connectivity index (χ3n) is 5.85. The van der Waals surface area contributed by atoms with Crippen LogP contribution in [-0.2, 0) is 9.59 Å². The maximum atomic E-state index is 13.2. The van der Waals surface area contributed by atoms with E-state index >= 15 is 0 Å². The van der Waals surface area contributed by atoms with Crippen molar-refractivity contribution in [1.82, 2.24) is 19.9 Å². The number of benzene rings is 1. The Morgan fingerprint density at radius 1 is 1.24 bits per heavy atom. The van der Waals surface area contributed by atoms with Gasteiger partial charge in [-0.15, -0.1) is 0 Å². The quantitative estimate of drug-likeness (QED) is 0.521. The predicted molar refractivity (Wildman–Crippen MR) is 122 cm³/mol. The van der Waals surface area contributed by atoms with Gasteiger partial charge in [-0.25, -0.2) is 9.97 Å². The number of hydrogen-bond acceptors (Lipinski definition) is 6. The number of piperidine rings is 1. The predicted octanol–water partition coefficient (Wildman–Crippen LogP) is 2.31. The van der Waals surface area contributed by atoms with Crippen LogP contribution in [0.4, 0.5) is 5.69 Å². The van der Waals surface area contributed by atoms with Gasteiger partial charge in [0.1, 0.15) is 11.4 Å². The number of nitrogens with one attached hydrogen (secondary N) is 2. The molecule has 0 unspecified atom stereocenters. The molecule has 0 radical (unpaired) electrons. The van der Waals surface area contributed by atoms with E-state index in [-0.39, 0.29) is 29.1 Å². The number of carbonyl (C=O) groups excluding carboxylic acids is 3. The van der Waals surface area contributed by atoms with Crippen molar-refractivity contribution in [3.8, 4) is 5.88 Å². The highest BCUT2D eigenvalue weighted by atomic mass is 16.5. The molecule has 1 aliphatic rings. The maximum Gasteiger partial charge on any atom is 0.313 e. The number of carbonyl (C=O) groups is 3. The van der Waals surface area contributed by atoms with Gasteiger partial charge in [0.25, 0.3) is 5.91 Å². The number of nitrogens with zero attached hydrogens (tertiary/aromatic N) is 3. The first-order valence-electron chi connectivity index (χ1n) is 10.7. The number of aromatic nitrogens is 3. The first-order valence-corrected chi connectivity index (χ1v) is 10.7. The normalized spacial score (nSPS) is 18.2. The van der Waals surface area contributed by atoms with Crippen LogP contribution in [-0.4, -0.2) is 51.2 Å². The van der Waals surface area contributed by atoms with E-state index in [1.165, 1.54) is 19.4 Å². The lowest BCUT2D eigenvalue weighted by molar-refractivity contribution is -0.146. The lowest BCUT2D eigenvalue weighted by Gasteiger charge is -2.38. The molecule has 0 saturated carbocycles. The van der Waals surface area contributed by atoms with Crippen molar-refractivity contribution in [1.29, 1.82) is 0 Å². The van der Waals surface area contributed by atoms with Crippen molar-refractivity contribution in [2.45, 2.75) is 32.7 Å². The molecule has 33 heavy (non-hydrogen) atoms. The SMILES string of the molecule is COc1ncc(NC(=O)C(=O)N2C[C@@H](C)CC[C@@H]2c2ccc3nc(C)[nH]c3c2)cc1C(N)=O. The second kappa shape index (κ2) is 8.89. The van der Waals surface area contributed by atoms with E-state index in [9.17, 15) is 14.4 Å². The summed E-state index contributed by atoms with van der Waals surface area (Å²) in [5.41, 5.74) is 8.23. The van der Waals surface area contributed by atoms with Gasteiger partial charge < -0.3 is 25.7 Å². The number of anilines is 1. The Bertz CT molecular complexity index is 1240. The van der Waals surface area contributed by atoms with Crippen LogP contribution in [0.2, 0.25) is 0 Å². The van der Waals surface area contributed by atoms with Crippen molar-refractivity contribution in [2.24, 2.45) is 11.7 Å². The monoisotopic (exact) mass is 450 g/mol. The Labute approximate surface area is 190 Å². The van der Waals surface area contributed by atoms with Crippen molar-refractivity contribution in [3.63, 3.8) is 0 Å². The number of H-pyrrole nitrogens is 1. The van der Waals surface area contributed by atoms with Gasteiger partial charge in [-0.1, -0.05) is 13.0 Å². The molecular formula is C23H26N6O4. The third-order valence-corrected chi connectivity index (χ3v) is 5.85. The Morgan fingerprint density at radius 3 is 2.76 bits per heavy atom. The fourth-order valence-corrected chi connectivity index (χ4v) is 4.26. The zero-order valence-electron chi connectivity index (χ0n) is 18.7. The summed E-state index contributed by atoms with van der Waals surface area (Å²) in [6, 6.07) is 6.96. The summed E-state index contributed by atoms with van der Waals surface area (Å²) in [6.07, 6.45) is 3.00. The molecule has 172 valence electrons. The molecule has 3 heterocycles. The fraction of sp³-hybridized carbons (Fsp3) is 0.348. The van der Waals surface area contributed by atoms with Crippen LogP contribution in [0.15, 0.2) is 30.5 Å². The molecule has 10 heteroatoms. The van der Waals surface area contributed by atoms with Gasteiger partial charge in [0.15, 0.2) is 0 Å². The number of methoxy groups -OCH3 is 1. The number of likely N-dealkylation sites (tertiary alicyclic amines) is 1. The summed E-state index contributed by atoms with van der Waals surface area (Å²) in [7, 11) is 1.36. The molecule has 0 spiro atoms. The largest absolute Gasteiger partial charge is 0.480 e. The fourth-order valence-electron chi connectivity index (χ4n) is 4.26. The summed E-state index contributed by atoms with van der Waals surface area (Å²) < 4.78 is 5.01. The highest BCUT2D eigenvalue weighted by Crippen LogP contribution is 2.34. The topological polar surface area (TPSA) is 143 Å². The van der Waals surface area contributed by atoms with Crippen LogP contribution in [0.5, 0.6) is 5.88 Å². The van der Waals surface area contributed by atoms with Gasteiger partial charge in [0.2, 0.25) is 5.88 Å². The van der Waals surface area contributed by atoms with Crippen LogP contribution >= 0.6 is 0 Å². The molecule has 1 saturated heterocycles. The lowest BCUT2D eigenvalue weighted by Crippen LogP contribution is -2.46. The summed E-state index contributed by atoms with van der Waals surface area (Å²) in [5.74, 6) is -1.09. The van der Waals surface area contributed by atoms with Crippen LogP contribution in [0, 0.1) is 12.8 Å². The molecule has 2 aromatic heterocycles. The zero-order valence-corrected chi connectivity index (χ0v) is 18.7. The van der Waals surface area contributed by atoms with Crippen LogP contribution < -0.4 is 15.8 Å². The number of hydrogen-bond donors (Lipinski definition) is 3. The number of rotatable bonds is 4. The van der Waals surface area contributed by atoms with Crippen molar-refractivity contribution in [3.05, 3.63) is 47.4 Å². The van der Waals surface area contributed by atoms with Crippen molar-refractivity contribution < 1.29 is 19.1 Å². The zero-order chi connectivity index (χ0) is 23.7. The molecule has 3 aromatic rings. The minimum atomic E-state index is -0.810. The van der Waals surface area contributed by atoms with E-state index in [0.717, 1.165) is 35.3 Å². The highest BCUT2D eigenvalue weighted by Gasteiger charge is 2.34. The minimum Gasteiger partial charge on any atom is -0.480 e. The first-order chi connectivity index (χ1) is 15.8. The number of nitrogens with two attached hydrogens (primary N) is 1. The Kier molecular flexibility index (Phi) is 5.99. The number of aryl methyl sites for hydroxylation is 1. The summed E-state index contributed by atoms with van der Waals surface area (Å²) in [5, 5.41) is 2.53. The lowest BCUT2D eigenvalue weighted by atomic mass is 9.89. The second-order valence-electron chi connectivity index (χ2n) is 8.35. The smallest absolute Gasteiger partial charge is 0.313 e. The number of fused-ring (bicyclic) bond motifs is 1. The Hall–Kier alpha value is -3.95. The van der Waals surface area contributed by atoms with Gasteiger partial charge in [-0.05, 0) is 49.4 Å². The minimum absolute atomic E-state index is 0.00961. The van der Waals surface area contributed by atoms with Gasteiger partial charge in [0, 0.05) is 6.54 Å². The van der Waals surface area contributed by atoms with E-state index in [2.05, 4.69) is 27.2 Å². The van der Waals surface area contributed by atoms with Crippen molar-refractivity contribution in [2.75, 3.05) is 19.0 Å². The molecule has 0 aliphatic carbocycles. The van der Waals surface area contributed by atoms with Crippen LogP contribution in [0.25, 0.3) is 11.0 Å². The van der Waals surface area contributed by atoms with E-state index in [0.29, 0.717) is 6.54 Å². The van der Waals surface area contributed by atoms with E-state index in [1.54, 1.807) is 4.90 Å². The summed E-state index contributed by atoms with van der Waals surface area (Å²) >= 11 is 0. The van der Waals surface area contributed by atoms with Gasteiger partial charge in [-0.3, -0.25) is 14.4 Å². The molecule has 1 aromatic carbocycles. The molecule has 2 atom stereocenters. The molecule has 10 nitrogen and oxygen atoms in total. The second-order valence-corrected chi connectivity index (χ2v) is 8.35. The van der Waals surface area contributed by atoms with E-state index in [1.807, 2.05) is 25.1 Å². The number of amides is 3. The van der Waals surface area contributed by atoms with Crippen LogP contribution in [0.1, 0.15) is 47.6 Å². The molecule has 1 aliphatic heterocycles. The number of primary amides is 1. The third kappa shape index (κ3) is 4.50. The molecule has 0 bridgehead atoms. The maximum absolute atomic E-state index is 13.2. The number of aromatic amines is 1. The first kappa shape index (κ1) is 22.3. The number of pyridine rings is 1. The highest BCUT2D eigenvalue weighted by molar-refractivity contribution is 6.39. The van der Waals surface area contributed by atoms with Crippen LogP contribution in [0.3, 0.4) is 0 Å². The average molecular weight is 450 g/mol. The summed E-state index contributed by atoms with van der Waals surface area (Å²) in [6.45, 7) is 4.41. The number of imidazole rings is 1. The number of ether oxygens (including phenoxy) is 1. The molecule has 4 rings (SSSR count). The summed E-state index contributed by atoms with van der Waals surface area (Å²) in [4.78, 5) is 50.9. The molecule has 4 N–H and O–H groups in total. The van der Waals surface area contributed by atoms with Gasteiger partial charge in [-0.2, -0.15) is 0 Å². The van der Waals surface area contributed by atoms with Gasteiger partial charge in [0.05, 0.1) is 36.1 Å². The van der Waals surface area contributed by atoms with Gasteiger partial charge >= 0.3 is 11.8 Å². The molecular weight excluding hydrogens is 424 g/mol. The molecule has 1 fully saturated rings. The standard InChI is InChI=1S/C23H26N6O4/c1-12-4-7-19(14-5-6-17-18(8-14)27-13(2)26-17)29(11-12)23(32)21(31)28-15-9-16(20(24)30)22(33-3)25-10-15/h5-6,8-10,12,19H,4,7,11H2,1-3H3,(H2,24,30)(H,26,27)(H,28,31)/t12-,19+/m0/s1. The van der Waals surface area contributed by atoms with E-state index in [4.69, 9.17) is 10.5 Å². The average Bonchev–Trinajstić information content (AvgIpc) is 3.17. The molecule has 3 amide bonds. The van der Waals surface area contributed by atoms with Crippen molar-refractivity contribution >= 4 is 34.4 Å². The van der Waals surface area contributed by atoms with E-state index < -0.39 is 17.7 Å².